The molecule has 0 aliphatic rings. The Balaban J connectivity index is 2.23. The number of aryl methyl sites for hydroxylation is 1. The van der Waals surface area contributed by atoms with E-state index >= 15 is 0 Å². The zero-order valence-corrected chi connectivity index (χ0v) is 8.36. The number of anilines is 2. The lowest BCUT2D eigenvalue weighted by Crippen LogP contribution is -1.99. The second-order valence-electron chi connectivity index (χ2n) is 2.82. The Hall–Kier alpha value is -1.55. The van der Waals surface area contributed by atoms with Crippen LogP contribution in [0.5, 0.6) is 0 Å². The first-order valence-corrected chi connectivity index (χ1v) is 4.51. The van der Waals surface area contributed by atoms with Crippen molar-refractivity contribution in [3.05, 3.63) is 35.6 Å². The van der Waals surface area contributed by atoms with Gasteiger partial charge < -0.3 is 5.32 Å². The van der Waals surface area contributed by atoms with Gasteiger partial charge in [-0.1, -0.05) is 17.7 Å². The van der Waals surface area contributed by atoms with E-state index in [9.17, 15) is 0 Å². The number of rotatable bonds is 2. The van der Waals surface area contributed by atoms with E-state index in [0.717, 1.165) is 11.6 Å². The smallest absolute Gasteiger partial charge is 0.153 e. The predicted molar refractivity (Wildman–Crippen MR) is 55.7 cm³/mol. The molecule has 0 spiro atoms. The molecule has 5 heteroatoms. The van der Waals surface area contributed by atoms with Gasteiger partial charge in [-0.15, -0.1) is 0 Å². The molecular weight excluding hydrogens is 200 g/mol. The highest BCUT2D eigenvalue weighted by Gasteiger charge is 2.02. The second-order valence-corrected chi connectivity index (χ2v) is 3.20. The minimum Gasteiger partial charge on any atom is -0.325 e. The molecule has 0 atom stereocenters. The zero-order valence-electron chi connectivity index (χ0n) is 7.61. The van der Waals surface area contributed by atoms with Crippen LogP contribution >= 0.6 is 11.6 Å². The Morgan fingerprint density at radius 2 is 2.29 bits per heavy atom. The molecule has 0 radical (unpaired) electrons. The summed E-state index contributed by atoms with van der Waals surface area (Å²) in [5.74, 6) is 1.58. The topological polar surface area (TPSA) is 42.7 Å². The van der Waals surface area contributed by atoms with Crippen molar-refractivity contribution in [2.45, 2.75) is 0 Å². The third-order valence-electron chi connectivity index (χ3n) is 1.77. The zero-order chi connectivity index (χ0) is 9.97. The number of nitrogens with zero attached hydrogens (tertiary/aromatic N) is 3. The van der Waals surface area contributed by atoms with Crippen LogP contribution in [0, 0.1) is 0 Å². The SMILES string of the molecule is Cn1nc(Cl)cc1Nc1ccccn1. The maximum Gasteiger partial charge on any atom is 0.153 e. The van der Waals surface area contributed by atoms with E-state index in [1.807, 2.05) is 25.2 Å². The van der Waals surface area contributed by atoms with Gasteiger partial charge in [-0.25, -0.2) is 4.98 Å². The van der Waals surface area contributed by atoms with Crippen molar-refractivity contribution in [3.8, 4) is 0 Å². The van der Waals surface area contributed by atoms with Gasteiger partial charge >= 0.3 is 0 Å². The van der Waals surface area contributed by atoms with E-state index in [1.165, 1.54) is 0 Å². The Labute approximate surface area is 86.5 Å². The summed E-state index contributed by atoms with van der Waals surface area (Å²) in [4.78, 5) is 4.13. The lowest BCUT2D eigenvalue weighted by molar-refractivity contribution is 0.776. The maximum atomic E-state index is 5.74. The average Bonchev–Trinajstić information content (AvgIpc) is 2.47. The Bertz CT molecular complexity index is 424. The highest BCUT2D eigenvalue weighted by atomic mass is 35.5. The highest BCUT2D eigenvalue weighted by molar-refractivity contribution is 6.29. The highest BCUT2D eigenvalue weighted by Crippen LogP contribution is 2.17. The van der Waals surface area contributed by atoms with Crippen LogP contribution in [0.4, 0.5) is 11.6 Å². The summed E-state index contributed by atoms with van der Waals surface area (Å²) >= 11 is 5.74. The van der Waals surface area contributed by atoms with Gasteiger partial charge in [0.05, 0.1) is 0 Å². The van der Waals surface area contributed by atoms with E-state index in [1.54, 1.807) is 16.9 Å². The summed E-state index contributed by atoms with van der Waals surface area (Å²) in [5, 5.41) is 7.56. The lowest BCUT2D eigenvalue weighted by atomic mass is 10.4. The van der Waals surface area contributed by atoms with E-state index < -0.39 is 0 Å². The molecule has 4 nitrogen and oxygen atoms in total. The van der Waals surface area contributed by atoms with Crippen molar-refractivity contribution < 1.29 is 0 Å². The molecule has 0 aliphatic carbocycles. The van der Waals surface area contributed by atoms with Crippen LogP contribution in [0.3, 0.4) is 0 Å². The molecule has 2 heterocycles. The molecule has 0 unspecified atom stereocenters. The van der Waals surface area contributed by atoms with Crippen LogP contribution in [-0.4, -0.2) is 14.8 Å². The normalized spacial score (nSPS) is 10.1. The quantitative estimate of drug-likeness (QED) is 0.823. The number of hydrogen-bond donors (Lipinski definition) is 1. The number of pyridine rings is 1. The fourth-order valence-corrected chi connectivity index (χ4v) is 1.33. The molecule has 1 N–H and O–H groups in total. The second kappa shape index (κ2) is 3.67. The van der Waals surface area contributed by atoms with Gasteiger partial charge in [0.15, 0.2) is 5.15 Å². The molecule has 2 aromatic heterocycles. The van der Waals surface area contributed by atoms with Crippen LogP contribution < -0.4 is 5.32 Å². The number of hydrogen-bond acceptors (Lipinski definition) is 3. The molecule has 2 aromatic rings. The Morgan fingerprint density at radius 1 is 1.43 bits per heavy atom. The molecule has 0 amide bonds. The molecule has 0 aliphatic heterocycles. The van der Waals surface area contributed by atoms with Gasteiger partial charge in [0.2, 0.25) is 0 Å². The van der Waals surface area contributed by atoms with E-state index in [0.29, 0.717) is 5.15 Å². The molecule has 2 rings (SSSR count). The Kier molecular flexibility index (Phi) is 2.37. The fraction of sp³-hybridized carbons (Fsp3) is 0.111. The minimum atomic E-state index is 0.464. The fourth-order valence-electron chi connectivity index (χ4n) is 1.12. The molecular formula is C9H9ClN4. The van der Waals surface area contributed by atoms with Crippen molar-refractivity contribution >= 4 is 23.2 Å². The third-order valence-corrected chi connectivity index (χ3v) is 1.96. The van der Waals surface area contributed by atoms with Crippen molar-refractivity contribution in [2.24, 2.45) is 7.05 Å². The molecule has 0 saturated heterocycles. The summed E-state index contributed by atoms with van der Waals surface area (Å²) in [5.41, 5.74) is 0. The van der Waals surface area contributed by atoms with E-state index in [-0.39, 0.29) is 0 Å². The van der Waals surface area contributed by atoms with Crippen LogP contribution in [0.25, 0.3) is 0 Å². The first-order valence-electron chi connectivity index (χ1n) is 4.13. The van der Waals surface area contributed by atoms with Gasteiger partial charge in [0, 0.05) is 19.3 Å². The monoisotopic (exact) mass is 208 g/mol. The van der Waals surface area contributed by atoms with Crippen LogP contribution in [0.1, 0.15) is 0 Å². The Morgan fingerprint density at radius 3 is 2.86 bits per heavy atom. The van der Waals surface area contributed by atoms with E-state index in [4.69, 9.17) is 11.6 Å². The maximum absolute atomic E-state index is 5.74. The van der Waals surface area contributed by atoms with Gasteiger partial charge in [-0.2, -0.15) is 5.10 Å². The van der Waals surface area contributed by atoms with Gasteiger partial charge in [0.1, 0.15) is 11.6 Å². The molecule has 0 fully saturated rings. The van der Waals surface area contributed by atoms with Crippen molar-refractivity contribution in [1.29, 1.82) is 0 Å². The summed E-state index contributed by atoms with van der Waals surface area (Å²) in [6.45, 7) is 0. The molecule has 14 heavy (non-hydrogen) atoms. The summed E-state index contributed by atoms with van der Waals surface area (Å²) in [6, 6.07) is 7.39. The summed E-state index contributed by atoms with van der Waals surface area (Å²) < 4.78 is 1.66. The van der Waals surface area contributed by atoms with Gasteiger partial charge in [0.25, 0.3) is 0 Å². The van der Waals surface area contributed by atoms with Crippen LogP contribution in [-0.2, 0) is 7.05 Å². The molecule has 72 valence electrons. The van der Waals surface area contributed by atoms with Crippen molar-refractivity contribution in [1.82, 2.24) is 14.8 Å². The largest absolute Gasteiger partial charge is 0.325 e. The van der Waals surface area contributed by atoms with Crippen molar-refractivity contribution in [3.63, 3.8) is 0 Å². The van der Waals surface area contributed by atoms with Crippen molar-refractivity contribution in [2.75, 3.05) is 5.32 Å². The third kappa shape index (κ3) is 1.85. The predicted octanol–water partition coefficient (Wildman–Crippen LogP) is 2.21. The summed E-state index contributed by atoms with van der Waals surface area (Å²) in [6.07, 6.45) is 1.72. The number of halogens is 1. The van der Waals surface area contributed by atoms with Crippen LogP contribution in [0.15, 0.2) is 30.5 Å². The standard InChI is InChI=1S/C9H9ClN4/c1-14-9(6-7(10)13-14)12-8-4-2-3-5-11-8/h2-6H,1H3,(H,11,12). The number of nitrogens with one attached hydrogen (secondary N) is 1. The molecule has 0 bridgehead atoms. The van der Waals surface area contributed by atoms with Gasteiger partial charge in [-0.3, -0.25) is 4.68 Å². The average molecular weight is 209 g/mol. The summed E-state index contributed by atoms with van der Waals surface area (Å²) in [7, 11) is 1.82. The first-order chi connectivity index (χ1) is 6.75. The van der Waals surface area contributed by atoms with E-state index in [2.05, 4.69) is 15.4 Å². The van der Waals surface area contributed by atoms with Gasteiger partial charge in [-0.05, 0) is 12.1 Å². The van der Waals surface area contributed by atoms with Crippen LogP contribution in [0.2, 0.25) is 5.15 Å². The molecule has 0 saturated carbocycles. The minimum absolute atomic E-state index is 0.464. The first kappa shape index (κ1) is 9.02. The molecule has 0 aromatic carbocycles. The number of aromatic nitrogens is 3. The lowest BCUT2D eigenvalue weighted by Gasteiger charge is -2.03.